The van der Waals surface area contributed by atoms with Crippen LogP contribution in [-0.2, 0) is 14.3 Å². The number of benzene rings is 1. The quantitative estimate of drug-likeness (QED) is 0.880. The number of carbonyl (C=O) groups is 2. The average molecular weight is 342 g/mol. The Morgan fingerprint density at radius 2 is 2.10 bits per heavy atom. The minimum absolute atomic E-state index is 0.160. The van der Waals surface area contributed by atoms with E-state index in [-0.39, 0.29) is 11.9 Å². The topological polar surface area (TPSA) is 75.6 Å². The fourth-order valence-electron chi connectivity index (χ4n) is 2.18. The summed E-state index contributed by atoms with van der Waals surface area (Å²) in [4.78, 5) is 22.8. The number of halogens is 1. The van der Waals surface area contributed by atoms with Crippen molar-refractivity contribution in [3.8, 4) is 0 Å². The van der Waals surface area contributed by atoms with Crippen LogP contribution >= 0.6 is 15.9 Å². The molecule has 0 bridgehead atoms. The number of rotatable bonds is 4. The van der Waals surface area contributed by atoms with E-state index >= 15 is 0 Å². The summed E-state index contributed by atoms with van der Waals surface area (Å²) in [5.41, 5.74) is 0.973. The highest BCUT2D eigenvalue weighted by Gasteiger charge is 2.35. The Morgan fingerprint density at radius 3 is 2.70 bits per heavy atom. The number of hydrogen-bond acceptors (Lipinski definition) is 3. The predicted molar refractivity (Wildman–Crippen MR) is 76.2 cm³/mol. The van der Waals surface area contributed by atoms with E-state index in [1.54, 1.807) is 0 Å². The third kappa shape index (κ3) is 3.58. The van der Waals surface area contributed by atoms with E-state index < -0.39 is 18.2 Å². The lowest BCUT2D eigenvalue weighted by Crippen LogP contribution is -2.37. The van der Waals surface area contributed by atoms with Crippen LogP contribution in [0.1, 0.15) is 31.4 Å². The van der Waals surface area contributed by atoms with Gasteiger partial charge in [0.1, 0.15) is 6.10 Å². The van der Waals surface area contributed by atoms with Gasteiger partial charge in [0.25, 0.3) is 0 Å². The van der Waals surface area contributed by atoms with Gasteiger partial charge >= 0.3 is 5.97 Å². The third-order valence-electron chi connectivity index (χ3n) is 3.29. The van der Waals surface area contributed by atoms with Crippen LogP contribution in [0, 0.1) is 0 Å². The highest BCUT2D eigenvalue weighted by atomic mass is 79.9. The van der Waals surface area contributed by atoms with Gasteiger partial charge in [0.05, 0.1) is 6.04 Å². The van der Waals surface area contributed by atoms with Crippen molar-refractivity contribution in [3.63, 3.8) is 0 Å². The number of carboxylic acid groups (broad SMARTS) is 1. The lowest BCUT2D eigenvalue weighted by atomic mass is 10.1. The van der Waals surface area contributed by atoms with Crippen LogP contribution < -0.4 is 5.32 Å². The Kier molecular flexibility index (Phi) is 4.77. The standard InChI is InChI=1S/C14H16BrNO4/c1-8(9-3-2-4-10(15)7-9)16-13(17)11-5-6-12(20-11)14(18)19/h2-4,7-8,11-12H,5-6H2,1H3,(H,16,17)(H,18,19)/t8-,11-,12+/m0/s1. The normalized spacial score (nSPS) is 23.3. The molecule has 1 saturated heterocycles. The summed E-state index contributed by atoms with van der Waals surface area (Å²) in [6, 6.07) is 7.50. The zero-order valence-corrected chi connectivity index (χ0v) is 12.6. The van der Waals surface area contributed by atoms with Crippen LogP contribution in [0.15, 0.2) is 28.7 Å². The van der Waals surface area contributed by atoms with Crippen LogP contribution in [0.3, 0.4) is 0 Å². The highest BCUT2D eigenvalue weighted by molar-refractivity contribution is 9.10. The molecule has 0 aromatic heterocycles. The molecule has 0 radical (unpaired) electrons. The maximum absolute atomic E-state index is 12.0. The third-order valence-corrected chi connectivity index (χ3v) is 3.79. The van der Waals surface area contributed by atoms with Gasteiger partial charge in [-0.3, -0.25) is 4.79 Å². The molecule has 3 atom stereocenters. The van der Waals surface area contributed by atoms with E-state index in [1.807, 2.05) is 31.2 Å². The van der Waals surface area contributed by atoms with Gasteiger partial charge in [-0.05, 0) is 37.5 Å². The summed E-state index contributed by atoms with van der Waals surface area (Å²) >= 11 is 3.38. The van der Waals surface area contributed by atoms with Gasteiger partial charge in [-0.25, -0.2) is 4.79 Å². The molecule has 0 aliphatic carbocycles. The zero-order valence-electron chi connectivity index (χ0n) is 11.0. The Balaban J connectivity index is 1.93. The second-order valence-electron chi connectivity index (χ2n) is 4.81. The van der Waals surface area contributed by atoms with Crippen LogP contribution in [0.4, 0.5) is 0 Å². The van der Waals surface area contributed by atoms with Crippen molar-refractivity contribution < 1.29 is 19.4 Å². The van der Waals surface area contributed by atoms with Crippen molar-refractivity contribution in [2.75, 3.05) is 0 Å². The maximum atomic E-state index is 12.0. The number of carbonyl (C=O) groups excluding carboxylic acids is 1. The summed E-state index contributed by atoms with van der Waals surface area (Å²) in [7, 11) is 0. The fourth-order valence-corrected chi connectivity index (χ4v) is 2.59. The minimum Gasteiger partial charge on any atom is -0.479 e. The van der Waals surface area contributed by atoms with Gasteiger partial charge in [-0.2, -0.15) is 0 Å². The number of hydrogen-bond donors (Lipinski definition) is 2. The lowest BCUT2D eigenvalue weighted by molar-refractivity contribution is -0.151. The van der Waals surface area contributed by atoms with E-state index in [2.05, 4.69) is 21.2 Å². The van der Waals surface area contributed by atoms with Crippen molar-refractivity contribution >= 4 is 27.8 Å². The molecule has 6 heteroatoms. The molecule has 20 heavy (non-hydrogen) atoms. The summed E-state index contributed by atoms with van der Waals surface area (Å²) in [6.45, 7) is 1.88. The van der Waals surface area contributed by atoms with Crippen molar-refractivity contribution in [3.05, 3.63) is 34.3 Å². The Morgan fingerprint density at radius 1 is 1.40 bits per heavy atom. The zero-order chi connectivity index (χ0) is 14.7. The molecule has 1 amide bonds. The molecule has 0 unspecified atom stereocenters. The largest absolute Gasteiger partial charge is 0.479 e. The number of nitrogens with one attached hydrogen (secondary N) is 1. The second-order valence-corrected chi connectivity index (χ2v) is 5.73. The first-order valence-corrected chi connectivity index (χ1v) is 7.21. The summed E-state index contributed by atoms with van der Waals surface area (Å²) < 4.78 is 6.17. The smallest absolute Gasteiger partial charge is 0.332 e. The summed E-state index contributed by atoms with van der Waals surface area (Å²) in [6.07, 6.45) is -0.732. The van der Waals surface area contributed by atoms with E-state index in [0.717, 1.165) is 10.0 Å². The van der Waals surface area contributed by atoms with Crippen LogP contribution in [0.2, 0.25) is 0 Å². The first-order valence-electron chi connectivity index (χ1n) is 6.41. The minimum atomic E-state index is -1.01. The van der Waals surface area contributed by atoms with E-state index in [4.69, 9.17) is 9.84 Å². The molecule has 2 rings (SSSR count). The molecule has 1 aromatic carbocycles. The number of carboxylic acids is 1. The fraction of sp³-hybridized carbons (Fsp3) is 0.429. The molecule has 1 heterocycles. The van der Waals surface area contributed by atoms with Crippen LogP contribution in [-0.4, -0.2) is 29.2 Å². The highest BCUT2D eigenvalue weighted by Crippen LogP contribution is 2.22. The van der Waals surface area contributed by atoms with Gasteiger partial charge in [0, 0.05) is 4.47 Å². The molecule has 1 fully saturated rings. The Labute approximate surface area is 125 Å². The van der Waals surface area contributed by atoms with Crippen molar-refractivity contribution in [2.24, 2.45) is 0 Å². The van der Waals surface area contributed by atoms with Crippen LogP contribution in [0.25, 0.3) is 0 Å². The van der Waals surface area contributed by atoms with E-state index in [1.165, 1.54) is 0 Å². The van der Waals surface area contributed by atoms with Gasteiger partial charge in [0.2, 0.25) is 5.91 Å². The number of aliphatic carboxylic acids is 1. The Hall–Kier alpha value is -1.40. The molecular formula is C14H16BrNO4. The molecule has 5 nitrogen and oxygen atoms in total. The van der Waals surface area contributed by atoms with Crippen molar-refractivity contribution in [1.82, 2.24) is 5.32 Å². The molecule has 0 saturated carbocycles. The SMILES string of the molecule is C[C@H](NC(=O)[C@@H]1CC[C@H](C(=O)O)O1)c1cccc(Br)c1. The van der Waals surface area contributed by atoms with Gasteiger partial charge in [0.15, 0.2) is 6.10 Å². The molecule has 0 spiro atoms. The maximum Gasteiger partial charge on any atom is 0.332 e. The van der Waals surface area contributed by atoms with E-state index in [0.29, 0.717) is 12.8 Å². The lowest BCUT2D eigenvalue weighted by Gasteiger charge is -2.17. The molecule has 1 aliphatic heterocycles. The van der Waals surface area contributed by atoms with Crippen molar-refractivity contribution in [2.45, 2.75) is 38.0 Å². The number of amides is 1. The van der Waals surface area contributed by atoms with Gasteiger partial charge in [-0.1, -0.05) is 28.1 Å². The summed E-state index contributed by atoms with van der Waals surface area (Å²) in [5.74, 6) is -1.28. The first kappa shape index (κ1) is 15.0. The second kappa shape index (κ2) is 6.37. The number of ether oxygens (including phenoxy) is 1. The molecule has 1 aliphatic rings. The molecule has 2 N–H and O–H groups in total. The van der Waals surface area contributed by atoms with E-state index in [9.17, 15) is 9.59 Å². The van der Waals surface area contributed by atoms with Crippen LogP contribution in [0.5, 0.6) is 0 Å². The molecule has 108 valence electrons. The monoisotopic (exact) mass is 341 g/mol. The summed E-state index contributed by atoms with van der Waals surface area (Å²) in [5, 5.41) is 11.7. The van der Waals surface area contributed by atoms with Crippen molar-refractivity contribution in [1.29, 1.82) is 0 Å². The predicted octanol–water partition coefficient (Wildman–Crippen LogP) is 2.26. The van der Waals surface area contributed by atoms with Gasteiger partial charge < -0.3 is 15.2 Å². The van der Waals surface area contributed by atoms with Gasteiger partial charge in [-0.15, -0.1) is 0 Å². The Bertz CT molecular complexity index is 520. The molecule has 1 aromatic rings. The average Bonchev–Trinajstić information content (AvgIpc) is 2.88. The first-order chi connectivity index (χ1) is 9.47. The molecular weight excluding hydrogens is 326 g/mol.